The number of allylic oxidation sites excluding steroid dienone is 2. The van der Waals surface area contributed by atoms with Crippen molar-refractivity contribution in [2.45, 2.75) is 117 Å². The molecule has 0 bridgehead atoms. The van der Waals surface area contributed by atoms with Gasteiger partial charge in [0.1, 0.15) is 0 Å². The van der Waals surface area contributed by atoms with Crippen molar-refractivity contribution in [3.8, 4) is 0 Å². The number of hydrogen-bond donors (Lipinski definition) is 1. The van der Waals surface area contributed by atoms with Crippen LogP contribution in [0.25, 0.3) is 0 Å². The Kier molecular flexibility index (Phi) is 5.56. The van der Waals surface area contributed by atoms with Gasteiger partial charge in [-0.3, -0.25) is 0 Å². The van der Waals surface area contributed by atoms with Crippen LogP contribution in [0.1, 0.15) is 112 Å². The van der Waals surface area contributed by atoms with Crippen molar-refractivity contribution in [3.05, 3.63) is 11.6 Å². The van der Waals surface area contributed by atoms with Gasteiger partial charge < -0.3 is 5.11 Å². The third-order valence-corrected chi connectivity index (χ3v) is 10.2. The minimum atomic E-state index is -0.477. The number of aliphatic hydroxyl groups is 1. The summed E-state index contributed by atoms with van der Waals surface area (Å²) in [5.74, 6) is 3.88. The molecule has 1 heteroatoms. The Labute approximate surface area is 174 Å². The maximum Gasteiger partial charge on any atom is 0.0653 e. The summed E-state index contributed by atoms with van der Waals surface area (Å²) in [5.41, 5.74) is 2.20. The Morgan fingerprint density at radius 3 is 2.64 bits per heavy atom. The first-order chi connectivity index (χ1) is 13.2. The van der Waals surface area contributed by atoms with E-state index < -0.39 is 5.60 Å². The van der Waals surface area contributed by atoms with E-state index in [1.54, 1.807) is 0 Å². The Morgan fingerprint density at radius 2 is 1.89 bits per heavy atom. The molecule has 0 aromatic heterocycles. The summed E-state index contributed by atoms with van der Waals surface area (Å²) in [4.78, 5) is 0. The van der Waals surface area contributed by atoms with Crippen LogP contribution in [0, 0.1) is 40.4 Å². The maximum atomic E-state index is 11.6. The molecule has 0 aromatic carbocycles. The van der Waals surface area contributed by atoms with Crippen LogP contribution in [0.3, 0.4) is 0 Å². The van der Waals surface area contributed by atoms with E-state index in [0.717, 1.165) is 30.1 Å². The molecule has 4 aliphatic carbocycles. The lowest BCUT2D eigenvalue weighted by atomic mass is 9.47. The first kappa shape index (κ1) is 21.0. The Balaban J connectivity index is 1.53. The molecule has 0 spiro atoms. The molecule has 0 aromatic rings. The van der Waals surface area contributed by atoms with Gasteiger partial charge in [-0.05, 0) is 105 Å². The van der Waals surface area contributed by atoms with Gasteiger partial charge in [0.25, 0.3) is 0 Å². The molecule has 1 nitrogen and oxygen atoms in total. The monoisotopic (exact) mass is 386 g/mol. The molecule has 7 atom stereocenters. The van der Waals surface area contributed by atoms with Gasteiger partial charge in [0, 0.05) is 0 Å². The van der Waals surface area contributed by atoms with Crippen LogP contribution in [0.15, 0.2) is 11.6 Å². The highest BCUT2D eigenvalue weighted by Crippen LogP contribution is 2.67. The second-order valence-electron chi connectivity index (χ2n) is 12.3. The third-order valence-electron chi connectivity index (χ3n) is 10.2. The van der Waals surface area contributed by atoms with Crippen LogP contribution >= 0.6 is 0 Å². The van der Waals surface area contributed by atoms with Crippen LogP contribution in [-0.2, 0) is 0 Å². The molecule has 3 fully saturated rings. The van der Waals surface area contributed by atoms with E-state index in [1.807, 2.05) is 5.57 Å². The lowest BCUT2D eigenvalue weighted by molar-refractivity contribution is -0.103. The summed E-state index contributed by atoms with van der Waals surface area (Å²) < 4.78 is 0. The Morgan fingerprint density at radius 1 is 1.11 bits per heavy atom. The van der Waals surface area contributed by atoms with Gasteiger partial charge in [0.05, 0.1) is 5.60 Å². The van der Waals surface area contributed by atoms with Gasteiger partial charge in [0.2, 0.25) is 0 Å². The third kappa shape index (κ3) is 3.32. The molecular weight excluding hydrogens is 340 g/mol. The summed E-state index contributed by atoms with van der Waals surface area (Å²) in [6.07, 6.45) is 18.5. The quantitative estimate of drug-likeness (QED) is 0.484. The van der Waals surface area contributed by atoms with E-state index in [0.29, 0.717) is 16.7 Å². The van der Waals surface area contributed by atoms with Crippen molar-refractivity contribution in [2.24, 2.45) is 40.4 Å². The van der Waals surface area contributed by atoms with Gasteiger partial charge in [-0.2, -0.15) is 0 Å². The first-order valence-electron chi connectivity index (χ1n) is 12.6. The average Bonchev–Trinajstić information content (AvgIpc) is 2.99. The van der Waals surface area contributed by atoms with E-state index in [1.165, 1.54) is 70.6 Å². The summed E-state index contributed by atoms with van der Waals surface area (Å²) in [5, 5.41) is 11.6. The molecule has 0 amide bonds. The molecule has 0 aliphatic heterocycles. The zero-order valence-electron chi connectivity index (χ0n) is 19.4. The maximum absolute atomic E-state index is 11.6. The highest BCUT2D eigenvalue weighted by Gasteiger charge is 2.60. The molecule has 4 rings (SSSR count). The van der Waals surface area contributed by atoms with E-state index in [4.69, 9.17) is 0 Å². The normalized spacial score (nSPS) is 45.0. The molecule has 4 aliphatic rings. The summed E-state index contributed by atoms with van der Waals surface area (Å²) >= 11 is 0. The van der Waals surface area contributed by atoms with Crippen LogP contribution in [0.5, 0.6) is 0 Å². The number of hydrogen-bond acceptors (Lipinski definition) is 1. The standard InChI is InChI=1S/C27H46O/c1-19(2)9-8-17-27(5,28)24-14-13-22-21-12-11-20-10-6-7-16-25(20,3)23(21)15-18-26(22,24)4/h11,19,21-24,28H,6-10,12-18H2,1-5H3/t21-,22-,23-,24-,25-,26-,27-/m0/s1. The molecule has 0 radical (unpaired) electrons. The first-order valence-corrected chi connectivity index (χ1v) is 12.6. The highest BCUT2D eigenvalue weighted by molar-refractivity contribution is 5.24. The smallest absolute Gasteiger partial charge is 0.0653 e. The van der Waals surface area contributed by atoms with E-state index in [-0.39, 0.29) is 0 Å². The van der Waals surface area contributed by atoms with E-state index in [9.17, 15) is 5.11 Å². The molecule has 1 N–H and O–H groups in total. The second kappa shape index (κ2) is 7.44. The van der Waals surface area contributed by atoms with Crippen molar-refractivity contribution >= 4 is 0 Å². The molecular formula is C27H46O. The van der Waals surface area contributed by atoms with Crippen LogP contribution < -0.4 is 0 Å². The number of fused-ring (bicyclic) bond motifs is 5. The Bertz CT molecular complexity index is 601. The minimum Gasteiger partial charge on any atom is -0.390 e. The summed E-state index contributed by atoms with van der Waals surface area (Å²) in [6.45, 7) is 12.0. The lowest BCUT2D eigenvalue weighted by Crippen LogP contribution is -2.52. The Hall–Kier alpha value is -0.300. The zero-order valence-corrected chi connectivity index (χ0v) is 19.4. The van der Waals surface area contributed by atoms with Crippen molar-refractivity contribution in [1.82, 2.24) is 0 Å². The molecule has 160 valence electrons. The predicted octanol–water partition coefficient (Wildman–Crippen LogP) is 7.53. The van der Waals surface area contributed by atoms with Gasteiger partial charge in [-0.15, -0.1) is 0 Å². The lowest BCUT2D eigenvalue weighted by Gasteiger charge is -2.58. The van der Waals surface area contributed by atoms with E-state index >= 15 is 0 Å². The highest BCUT2D eigenvalue weighted by atomic mass is 16.3. The molecule has 3 saturated carbocycles. The fraction of sp³-hybridized carbons (Fsp3) is 0.926. The van der Waals surface area contributed by atoms with Gasteiger partial charge in [-0.25, -0.2) is 0 Å². The van der Waals surface area contributed by atoms with Gasteiger partial charge in [-0.1, -0.05) is 58.6 Å². The predicted molar refractivity (Wildman–Crippen MR) is 119 cm³/mol. The fourth-order valence-electron chi connectivity index (χ4n) is 8.76. The van der Waals surface area contributed by atoms with E-state index in [2.05, 4.69) is 40.7 Å². The zero-order chi connectivity index (χ0) is 20.2. The van der Waals surface area contributed by atoms with Crippen LogP contribution in [0.2, 0.25) is 0 Å². The summed E-state index contributed by atoms with van der Waals surface area (Å²) in [7, 11) is 0. The largest absolute Gasteiger partial charge is 0.390 e. The topological polar surface area (TPSA) is 20.2 Å². The van der Waals surface area contributed by atoms with Crippen molar-refractivity contribution in [1.29, 1.82) is 0 Å². The SMILES string of the molecule is CC(C)CCC[C@](C)(O)[C@H]1CC[C@H]2[C@@H]3CC=C4CCCC[C@]4(C)[C@H]3CC[C@@]21C. The molecule has 0 unspecified atom stereocenters. The van der Waals surface area contributed by atoms with Crippen molar-refractivity contribution in [3.63, 3.8) is 0 Å². The van der Waals surface area contributed by atoms with Crippen LogP contribution in [0.4, 0.5) is 0 Å². The van der Waals surface area contributed by atoms with Gasteiger partial charge >= 0.3 is 0 Å². The fourth-order valence-corrected chi connectivity index (χ4v) is 8.76. The van der Waals surface area contributed by atoms with Gasteiger partial charge in [0.15, 0.2) is 0 Å². The van der Waals surface area contributed by atoms with Crippen LogP contribution in [-0.4, -0.2) is 10.7 Å². The molecule has 0 saturated heterocycles. The average molecular weight is 387 g/mol. The van der Waals surface area contributed by atoms with Crippen molar-refractivity contribution < 1.29 is 5.11 Å². The number of rotatable bonds is 5. The summed E-state index contributed by atoms with van der Waals surface area (Å²) in [6, 6.07) is 0. The molecule has 28 heavy (non-hydrogen) atoms. The second-order valence-corrected chi connectivity index (χ2v) is 12.3. The minimum absolute atomic E-state index is 0.360. The molecule has 0 heterocycles. The van der Waals surface area contributed by atoms with Crippen molar-refractivity contribution in [2.75, 3.05) is 0 Å².